The highest BCUT2D eigenvalue weighted by molar-refractivity contribution is 4.99. The molecule has 4 heteroatoms. The van der Waals surface area contributed by atoms with E-state index in [0.717, 1.165) is 25.2 Å². The van der Waals surface area contributed by atoms with E-state index in [2.05, 4.69) is 37.2 Å². The Morgan fingerprint density at radius 2 is 2.11 bits per heavy atom. The van der Waals surface area contributed by atoms with Crippen molar-refractivity contribution in [2.24, 2.45) is 17.6 Å². The first-order valence-electron chi connectivity index (χ1n) is 7.45. The predicted octanol–water partition coefficient (Wildman–Crippen LogP) is 2.22. The van der Waals surface area contributed by atoms with E-state index in [1.54, 1.807) is 0 Å². The predicted molar refractivity (Wildman–Crippen MR) is 76.9 cm³/mol. The van der Waals surface area contributed by atoms with E-state index in [1.165, 1.54) is 0 Å². The van der Waals surface area contributed by atoms with Crippen LogP contribution in [0.4, 0.5) is 0 Å². The molecule has 108 valence electrons. The van der Waals surface area contributed by atoms with Crippen LogP contribution in [-0.2, 0) is 17.7 Å². The normalized spacial score (nSPS) is 32.7. The number of nitrogens with two attached hydrogens (primary N) is 1. The number of aryl methyl sites for hydroxylation is 1. The van der Waals surface area contributed by atoms with E-state index in [-0.39, 0.29) is 12.1 Å². The van der Waals surface area contributed by atoms with E-state index >= 15 is 0 Å². The Balaban J connectivity index is 2.04. The summed E-state index contributed by atoms with van der Waals surface area (Å²) in [7, 11) is 0. The zero-order valence-corrected chi connectivity index (χ0v) is 12.5. The maximum absolute atomic E-state index is 6.44. The average Bonchev–Trinajstić information content (AvgIpc) is 2.86. The van der Waals surface area contributed by atoms with Crippen molar-refractivity contribution in [1.82, 2.24) is 9.55 Å². The van der Waals surface area contributed by atoms with Crippen LogP contribution < -0.4 is 5.73 Å². The molecule has 0 aromatic carbocycles. The van der Waals surface area contributed by atoms with Crippen LogP contribution in [0, 0.1) is 11.8 Å². The second-order valence-corrected chi connectivity index (χ2v) is 5.89. The summed E-state index contributed by atoms with van der Waals surface area (Å²) in [6.45, 7) is 9.73. The monoisotopic (exact) mass is 265 g/mol. The third-order valence-electron chi connectivity index (χ3n) is 4.50. The van der Waals surface area contributed by atoms with E-state index in [0.29, 0.717) is 17.9 Å². The number of hydrogen-bond donors (Lipinski definition) is 1. The average molecular weight is 265 g/mol. The molecule has 2 N–H and O–H groups in total. The molecule has 1 aliphatic rings. The first kappa shape index (κ1) is 14.5. The van der Waals surface area contributed by atoms with Crippen molar-refractivity contribution >= 4 is 0 Å². The van der Waals surface area contributed by atoms with Gasteiger partial charge >= 0.3 is 0 Å². The van der Waals surface area contributed by atoms with Gasteiger partial charge in [-0.2, -0.15) is 0 Å². The van der Waals surface area contributed by atoms with Crippen molar-refractivity contribution in [1.29, 1.82) is 0 Å². The minimum Gasteiger partial charge on any atom is -0.375 e. The molecule has 1 fully saturated rings. The molecule has 5 atom stereocenters. The summed E-state index contributed by atoms with van der Waals surface area (Å²) < 4.78 is 8.11. The molecule has 0 aliphatic carbocycles. The van der Waals surface area contributed by atoms with Gasteiger partial charge in [-0.25, -0.2) is 4.98 Å². The lowest BCUT2D eigenvalue weighted by atomic mass is 9.82. The third kappa shape index (κ3) is 3.00. The molecule has 1 aromatic rings. The summed E-state index contributed by atoms with van der Waals surface area (Å²) in [6, 6.07) is 0.118. The number of imidazole rings is 1. The van der Waals surface area contributed by atoms with Gasteiger partial charge in [0.2, 0.25) is 0 Å². The van der Waals surface area contributed by atoms with Gasteiger partial charge < -0.3 is 15.0 Å². The Morgan fingerprint density at radius 3 is 2.68 bits per heavy atom. The minimum atomic E-state index is 0.118. The van der Waals surface area contributed by atoms with Gasteiger partial charge in [0, 0.05) is 37.3 Å². The van der Waals surface area contributed by atoms with Gasteiger partial charge in [0.15, 0.2) is 0 Å². The molecular weight excluding hydrogens is 238 g/mol. The van der Waals surface area contributed by atoms with Crippen LogP contribution in [0.5, 0.6) is 0 Å². The number of rotatable bonds is 5. The topological polar surface area (TPSA) is 53.1 Å². The molecule has 19 heavy (non-hydrogen) atoms. The lowest BCUT2D eigenvalue weighted by Crippen LogP contribution is -2.40. The van der Waals surface area contributed by atoms with Gasteiger partial charge in [0.05, 0.1) is 12.2 Å². The van der Waals surface area contributed by atoms with Gasteiger partial charge in [0.1, 0.15) is 5.82 Å². The van der Waals surface area contributed by atoms with Crippen molar-refractivity contribution in [2.75, 3.05) is 0 Å². The summed E-state index contributed by atoms with van der Waals surface area (Å²) in [5.74, 6) is 2.04. The molecule has 4 nitrogen and oxygen atoms in total. The number of hydrogen-bond acceptors (Lipinski definition) is 3. The second kappa shape index (κ2) is 6.06. The summed E-state index contributed by atoms with van der Waals surface area (Å²) in [6.07, 6.45) is 6.43. The summed E-state index contributed by atoms with van der Waals surface area (Å²) in [4.78, 5) is 4.46. The highest BCUT2D eigenvalue weighted by atomic mass is 16.5. The molecule has 1 saturated heterocycles. The zero-order chi connectivity index (χ0) is 14.0. The first-order chi connectivity index (χ1) is 9.04. The van der Waals surface area contributed by atoms with Crippen molar-refractivity contribution < 1.29 is 4.74 Å². The zero-order valence-electron chi connectivity index (χ0n) is 12.5. The Bertz CT molecular complexity index is 404. The highest BCUT2D eigenvalue weighted by Crippen LogP contribution is 2.34. The Hall–Kier alpha value is -0.870. The van der Waals surface area contributed by atoms with E-state index < -0.39 is 0 Å². The SMILES string of the molecule is CCCn1ccnc1CC(N)C1C(C)OC(C)C1C. The van der Waals surface area contributed by atoms with Gasteiger partial charge in [-0.05, 0) is 26.2 Å². The molecule has 0 radical (unpaired) electrons. The number of nitrogens with zero attached hydrogens (tertiary/aromatic N) is 2. The van der Waals surface area contributed by atoms with Crippen LogP contribution in [0.15, 0.2) is 12.4 Å². The van der Waals surface area contributed by atoms with Gasteiger partial charge in [-0.1, -0.05) is 13.8 Å². The molecule has 0 spiro atoms. The van der Waals surface area contributed by atoms with E-state index in [4.69, 9.17) is 10.5 Å². The smallest absolute Gasteiger partial charge is 0.110 e. The Labute approximate surface area is 116 Å². The van der Waals surface area contributed by atoms with Crippen molar-refractivity contribution in [3.8, 4) is 0 Å². The second-order valence-electron chi connectivity index (χ2n) is 5.89. The van der Waals surface area contributed by atoms with Crippen LogP contribution in [0.1, 0.15) is 39.9 Å². The molecule has 0 bridgehead atoms. The van der Waals surface area contributed by atoms with Crippen molar-refractivity contribution in [2.45, 2.75) is 65.3 Å². The first-order valence-corrected chi connectivity index (χ1v) is 7.45. The molecular formula is C15H27N3O. The summed E-state index contributed by atoms with van der Waals surface area (Å²) in [5, 5.41) is 0. The lowest BCUT2D eigenvalue weighted by Gasteiger charge is -2.25. The Kier molecular flexibility index (Phi) is 4.63. The van der Waals surface area contributed by atoms with Gasteiger partial charge in [-0.3, -0.25) is 0 Å². The van der Waals surface area contributed by atoms with Crippen LogP contribution in [-0.4, -0.2) is 27.8 Å². The molecule has 1 aliphatic heterocycles. The maximum atomic E-state index is 6.44. The van der Waals surface area contributed by atoms with Crippen LogP contribution in [0.2, 0.25) is 0 Å². The largest absolute Gasteiger partial charge is 0.375 e. The molecule has 5 unspecified atom stereocenters. The molecule has 2 rings (SSSR count). The molecule has 1 aromatic heterocycles. The maximum Gasteiger partial charge on any atom is 0.110 e. The van der Waals surface area contributed by atoms with E-state index in [9.17, 15) is 0 Å². The number of ether oxygens (including phenoxy) is 1. The summed E-state index contributed by atoms with van der Waals surface area (Å²) in [5.41, 5.74) is 6.44. The van der Waals surface area contributed by atoms with Crippen molar-refractivity contribution in [3.63, 3.8) is 0 Å². The molecule has 2 heterocycles. The Morgan fingerprint density at radius 1 is 1.37 bits per heavy atom. The quantitative estimate of drug-likeness (QED) is 0.888. The van der Waals surface area contributed by atoms with Crippen LogP contribution >= 0.6 is 0 Å². The van der Waals surface area contributed by atoms with Gasteiger partial charge in [-0.15, -0.1) is 0 Å². The molecule has 0 saturated carbocycles. The van der Waals surface area contributed by atoms with E-state index in [1.807, 2.05) is 12.4 Å². The van der Waals surface area contributed by atoms with Gasteiger partial charge in [0.25, 0.3) is 0 Å². The van der Waals surface area contributed by atoms with Crippen molar-refractivity contribution in [3.05, 3.63) is 18.2 Å². The highest BCUT2D eigenvalue weighted by Gasteiger charge is 2.40. The fraction of sp³-hybridized carbons (Fsp3) is 0.800. The third-order valence-corrected chi connectivity index (χ3v) is 4.50. The van der Waals surface area contributed by atoms with Crippen LogP contribution in [0.25, 0.3) is 0 Å². The standard InChI is InChI=1S/C15H27N3O/c1-5-7-18-8-6-17-14(18)9-13(16)15-10(2)11(3)19-12(15)4/h6,8,10-13,15H,5,7,9,16H2,1-4H3. The van der Waals surface area contributed by atoms with Crippen LogP contribution in [0.3, 0.4) is 0 Å². The fourth-order valence-electron chi connectivity index (χ4n) is 3.35. The summed E-state index contributed by atoms with van der Waals surface area (Å²) >= 11 is 0. The fourth-order valence-corrected chi connectivity index (χ4v) is 3.35. The minimum absolute atomic E-state index is 0.118. The number of aromatic nitrogens is 2. The molecule has 0 amide bonds. The lowest BCUT2D eigenvalue weighted by molar-refractivity contribution is 0.0489.